The summed E-state index contributed by atoms with van der Waals surface area (Å²) in [6.45, 7) is 0. The third-order valence-electron chi connectivity index (χ3n) is 6.08. The van der Waals surface area contributed by atoms with Crippen molar-refractivity contribution >= 4 is 40.5 Å². The van der Waals surface area contributed by atoms with Gasteiger partial charge in [-0.15, -0.1) is 0 Å². The largest absolute Gasteiger partial charge is 0.322 e. The molecule has 39 heavy (non-hydrogen) atoms. The van der Waals surface area contributed by atoms with Crippen LogP contribution in [0.5, 0.6) is 0 Å². The minimum absolute atomic E-state index is 0.195. The van der Waals surface area contributed by atoms with E-state index >= 15 is 0 Å². The molecule has 5 aromatic rings. The van der Waals surface area contributed by atoms with Crippen LogP contribution in [0.3, 0.4) is 0 Å². The molecule has 0 aromatic heterocycles. The van der Waals surface area contributed by atoms with E-state index in [4.69, 9.17) is 0 Å². The smallest absolute Gasteiger partial charge is 0.262 e. The van der Waals surface area contributed by atoms with Crippen molar-refractivity contribution in [1.82, 2.24) is 0 Å². The second kappa shape index (κ2) is 11.7. The first-order valence-corrected chi connectivity index (χ1v) is 12.4. The number of para-hydroxylation sites is 3. The van der Waals surface area contributed by atoms with Gasteiger partial charge < -0.3 is 10.6 Å². The van der Waals surface area contributed by atoms with E-state index in [1.165, 1.54) is 0 Å². The Morgan fingerprint density at radius 3 is 1.56 bits per heavy atom. The van der Waals surface area contributed by atoms with Gasteiger partial charge >= 0.3 is 0 Å². The first-order chi connectivity index (χ1) is 19.1. The van der Waals surface area contributed by atoms with E-state index in [9.17, 15) is 14.4 Å². The molecule has 0 radical (unpaired) electrons. The van der Waals surface area contributed by atoms with Crippen molar-refractivity contribution in [2.45, 2.75) is 0 Å². The summed E-state index contributed by atoms with van der Waals surface area (Å²) in [6, 6.07) is 41.2. The van der Waals surface area contributed by atoms with Crippen LogP contribution in [0, 0.1) is 0 Å². The summed E-state index contributed by atoms with van der Waals surface area (Å²) in [5.74, 6) is -0.882. The maximum absolute atomic E-state index is 13.6. The molecule has 0 unspecified atom stereocenters. The van der Waals surface area contributed by atoms with Gasteiger partial charge in [-0.3, -0.25) is 19.3 Å². The van der Waals surface area contributed by atoms with E-state index < -0.39 is 0 Å². The molecule has 0 saturated carbocycles. The van der Waals surface area contributed by atoms with E-state index in [-0.39, 0.29) is 17.7 Å². The number of hydrogen-bond acceptors (Lipinski definition) is 3. The van der Waals surface area contributed by atoms with Crippen LogP contribution in [0.1, 0.15) is 31.1 Å². The van der Waals surface area contributed by atoms with Gasteiger partial charge in [-0.25, -0.2) is 0 Å². The van der Waals surface area contributed by atoms with E-state index in [1.54, 1.807) is 77.7 Å². The Bertz CT molecular complexity index is 1550. The summed E-state index contributed by atoms with van der Waals surface area (Å²) in [7, 11) is 0. The standard InChI is InChI=1S/C33H25N3O3/c37-31(24-12-4-1-5-13-24)35-30-19-11-10-18-29(30)32(38)34-26-22-20-25(21-23-26)33(39)36(27-14-6-2-7-15-27)28-16-8-3-9-17-28/h1-23H,(H,34,38)(H,35,37). The van der Waals surface area contributed by atoms with Gasteiger partial charge in [0.1, 0.15) is 0 Å². The molecule has 0 bridgehead atoms. The van der Waals surface area contributed by atoms with Gasteiger partial charge in [0.15, 0.2) is 0 Å². The molecule has 5 rings (SSSR count). The van der Waals surface area contributed by atoms with E-state index in [0.717, 1.165) is 11.4 Å². The minimum atomic E-state index is -0.381. The number of hydrogen-bond donors (Lipinski definition) is 2. The number of nitrogens with one attached hydrogen (secondary N) is 2. The Morgan fingerprint density at radius 2 is 0.974 bits per heavy atom. The van der Waals surface area contributed by atoms with Crippen molar-refractivity contribution in [3.8, 4) is 0 Å². The molecule has 0 aliphatic rings. The zero-order valence-electron chi connectivity index (χ0n) is 21.0. The Morgan fingerprint density at radius 1 is 0.462 bits per heavy atom. The quantitative estimate of drug-likeness (QED) is 0.243. The average Bonchev–Trinajstić information content (AvgIpc) is 2.99. The Balaban J connectivity index is 1.33. The van der Waals surface area contributed by atoms with Crippen LogP contribution in [0.15, 0.2) is 140 Å². The lowest BCUT2D eigenvalue weighted by Crippen LogP contribution is -2.25. The molecular formula is C33H25N3O3. The number of carbonyl (C=O) groups excluding carboxylic acids is 3. The summed E-state index contributed by atoms with van der Waals surface area (Å²) < 4.78 is 0. The van der Waals surface area contributed by atoms with E-state index in [1.807, 2.05) is 66.7 Å². The summed E-state index contributed by atoms with van der Waals surface area (Å²) >= 11 is 0. The molecule has 0 atom stereocenters. The Labute approximate surface area is 226 Å². The summed E-state index contributed by atoms with van der Waals surface area (Å²) in [5.41, 5.74) is 3.70. The van der Waals surface area contributed by atoms with E-state index in [0.29, 0.717) is 28.1 Å². The summed E-state index contributed by atoms with van der Waals surface area (Å²) in [6.07, 6.45) is 0. The highest BCUT2D eigenvalue weighted by Gasteiger charge is 2.20. The van der Waals surface area contributed by atoms with Gasteiger partial charge in [-0.1, -0.05) is 66.7 Å². The molecule has 6 heteroatoms. The van der Waals surface area contributed by atoms with Crippen molar-refractivity contribution in [2.75, 3.05) is 15.5 Å². The van der Waals surface area contributed by atoms with Crippen LogP contribution in [0.4, 0.5) is 22.7 Å². The van der Waals surface area contributed by atoms with Crippen LogP contribution in [-0.2, 0) is 0 Å². The lowest BCUT2D eigenvalue weighted by atomic mass is 10.1. The molecule has 2 N–H and O–H groups in total. The third kappa shape index (κ3) is 5.92. The first-order valence-electron chi connectivity index (χ1n) is 12.4. The maximum atomic E-state index is 13.6. The van der Waals surface area contributed by atoms with Gasteiger partial charge in [0, 0.05) is 28.2 Å². The summed E-state index contributed by atoms with van der Waals surface area (Å²) in [4.78, 5) is 41.0. The fourth-order valence-corrected chi connectivity index (χ4v) is 4.14. The zero-order chi connectivity index (χ0) is 27.0. The molecule has 0 spiro atoms. The molecule has 5 aromatic carbocycles. The average molecular weight is 512 g/mol. The first kappa shape index (κ1) is 25.2. The fraction of sp³-hybridized carbons (Fsp3) is 0. The molecule has 0 aliphatic carbocycles. The van der Waals surface area contributed by atoms with E-state index in [2.05, 4.69) is 10.6 Å². The number of anilines is 4. The normalized spacial score (nSPS) is 10.4. The van der Waals surface area contributed by atoms with Crippen LogP contribution in [0.25, 0.3) is 0 Å². The fourth-order valence-electron chi connectivity index (χ4n) is 4.14. The number of carbonyl (C=O) groups is 3. The van der Waals surface area contributed by atoms with Crippen molar-refractivity contribution in [3.05, 3.63) is 156 Å². The molecule has 0 aliphatic heterocycles. The highest BCUT2D eigenvalue weighted by molar-refractivity contribution is 6.13. The van der Waals surface area contributed by atoms with Crippen LogP contribution in [-0.4, -0.2) is 17.7 Å². The van der Waals surface area contributed by atoms with Crippen LogP contribution < -0.4 is 15.5 Å². The van der Waals surface area contributed by atoms with Crippen LogP contribution >= 0.6 is 0 Å². The SMILES string of the molecule is O=C(Nc1ccccc1C(=O)Nc1ccc(C(=O)N(c2ccccc2)c2ccccc2)cc1)c1ccccc1. The van der Waals surface area contributed by atoms with Crippen LogP contribution in [0.2, 0.25) is 0 Å². The number of benzene rings is 5. The van der Waals surface area contributed by atoms with Crippen molar-refractivity contribution < 1.29 is 14.4 Å². The lowest BCUT2D eigenvalue weighted by Gasteiger charge is -2.23. The molecule has 3 amide bonds. The van der Waals surface area contributed by atoms with Crippen molar-refractivity contribution in [3.63, 3.8) is 0 Å². The molecule has 0 saturated heterocycles. The maximum Gasteiger partial charge on any atom is 0.262 e. The zero-order valence-corrected chi connectivity index (χ0v) is 21.0. The van der Waals surface area contributed by atoms with Gasteiger partial charge in [0.05, 0.1) is 11.3 Å². The lowest BCUT2D eigenvalue weighted by molar-refractivity contribution is 0.0995. The highest BCUT2D eigenvalue weighted by atomic mass is 16.2. The van der Waals surface area contributed by atoms with Crippen molar-refractivity contribution in [2.24, 2.45) is 0 Å². The predicted octanol–water partition coefficient (Wildman–Crippen LogP) is 7.17. The highest BCUT2D eigenvalue weighted by Crippen LogP contribution is 2.28. The number of amides is 3. The van der Waals surface area contributed by atoms with Gasteiger partial charge in [-0.2, -0.15) is 0 Å². The number of rotatable bonds is 7. The topological polar surface area (TPSA) is 78.5 Å². The van der Waals surface area contributed by atoms with Gasteiger partial charge in [0.2, 0.25) is 0 Å². The molecule has 0 fully saturated rings. The van der Waals surface area contributed by atoms with Crippen molar-refractivity contribution in [1.29, 1.82) is 0 Å². The molecule has 190 valence electrons. The van der Waals surface area contributed by atoms with Gasteiger partial charge in [0.25, 0.3) is 17.7 Å². The van der Waals surface area contributed by atoms with Gasteiger partial charge in [-0.05, 0) is 72.8 Å². The number of nitrogens with zero attached hydrogens (tertiary/aromatic N) is 1. The predicted molar refractivity (Wildman–Crippen MR) is 155 cm³/mol. The minimum Gasteiger partial charge on any atom is -0.322 e. The Hall–Kier alpha value is -5.49. The third-order valence-corrected chi connectivity index (χ3v) is 6.08. The Kier molecular flexibility index (Phi) is 7.56. The monoisotopic (exact) mass is 511 g/mol. The molecule has 0 heterocycles. The second-order valence-electron chi connectivity index (χ2n) is 8.71. The molecular weight excluding hydrogens is 486 g/mol. The second-order valence-corrected chi connectivity index (χ2v) is 8.71. The summed E-state index contributed by atoms with van der Waals surface area (Å²) in [5, 5.41) is 5.67. The molecule has 6 nitrogen and oxygen atoms in total.